The van der Waals surface area contributed by atoms with Crippen LogP contribution in [0.5, 0.6) is 0 Å². The summed E-state index contributed by atoms with van der Waals surface area (Å²) < 4.78 is 8.28. The zero-order chi connectivity index (χ0) is 16.0. The monoisotopic (exact) mass is 313 g/mol. The van der Waals surface area contributed by atoms with E-state index in [9.17, 15) is 0 Å². The average molecular weight is 313 g/mol. The van der Waals surface area contributed by atoms with E-state index in [0.29, 0.717) is 17.3 Å². The maximum atomic E-state index is 5.94. The summed E-state index contributed by atoms with van der Waals surface area (Å²) in [6.45, 7) is 10.7. The molecular weight excluding hydrogens is 286 g/mol. The van der Waals surface area contributed by atoms with Crippen LogP contribution >= 0.6 is 0 Å². The third kappa shape index (κ3) is 2.68. The number of hydrogen-bond acceptors (Lipinski definition) is 3. The van der Waals surface area contributed by atoms with Crippen molar-refractivity contribution in [3.8, 4) is 0 Å². The third-order valence-electron chi connectivity index (χ3n) is 5.97. The van der Waals surface area contributed by atoms with E-state index in [1.807, 2.05) is 0 Å². The van der Waals surface area contributed by atoms with Gasteiger partial charge in [-0.05, 0) is 55.3 Å². The van der Waals surface area contributed by atoms with Crippen LogP contribution < -0.4 is 5.32 Å². The Balaban J connectivity index is 1.69. The first-order valence-corrected chi connectivity index (χ1v) is 8.84. The molecule has 0 saturated heterocycles. The van der Waals surface area contributed by atoms with Crippen LogP contribution in [0.3, 0.4) is 0 Å². The second-order valence-corrected chi connectivity index (χ2v) is 7.76. The molecule has 0 spiro atoms. The van der Waals surface area contributed by atoms with Crippen LogP contribution in [0.25, 0.3) is 11.0 Å². The number of nitrogens with zero attached hydrogens (tertiary/aromatic N) is 2. The van der Waals surface area contributed by atoms with Crippen molar-refractivity contribution in [2.75, 3.05) is 19.8 Å². The molecule has 2 aromatic rings. The lowest BCUT2D eigenvalue weighted by molar-refractivity contribution is 0.111. The molecule has 1 N–H and O–H groups in total. The highest BCUT2D eigenvalue weighted by Crippen LogP contribution is 2.59. The Morgan fingerprint density at radius 1 is 1.26 bits per heavy atom. The van der Waals surface area contributed by atoms with Crippen LogP contribution in [0.4, 0.5) is 0 Å². The maximum Gasteiger partial charge on any atom is 0.140 e. The molecule has 1 aliphatic heterocycles. The molecule has 4 nitrogen and oxygen atoms in total. The van der Waals surface area contributed by atoms with E-state index in [-0.39, 0.29) is 6.04 Å². The van der Waals surface area contributed by atoms with Crippen molar-refractivity contribution in [1.29, 1.82) is 0 Å². The van der Waals surface area contributed by atoms with Gasteiger partial charge >= 0.3 is 0 Å². The van der Waals surface area contributed by atoms with Crippen LogP contribution in [0.2, 0.25) is 0 Å². The first kappa shape index (κ1) is 15.2. The average Bonchev–Trinajstić information content (AvgIpc) is 2.87. The molecular formula is C19H27N3O. The van der Waals surface area contributed by atoms with Crippen molar-refractivity contribution in [3.63, 3.8) is 0 Å². The van der Waals surface area contributed by atoms with Gasteiger partial charge in [-0.15, -0.1) is 0 Å². The van der Waals surface area contributed by atoms with Gasteiger partial charge in [-0.25, -0.2) is 4.98 Å². The minimum Gasteiger partial charge on any atom is -0.381 e. The molecule has 3 unspecified atom stereocenters. The van der Waals surface area contributed by atoms with Gasteiger partial charge in [-0.2, -0.15) is 0 Å². The largest absolute Gasteiger partial charge is 0.381 e. The van der Waals surface area contributed by atoms with Gasteiger partial charge in [-0.3, -0.25) is 0 Å². The summed E-state index contributed by atoms with van der Waals surface area (Å²) in [6.07, 6.45) is 3.25. The van der Waals surface area contributed by atoms with Crippen LogP contribution in [0.1, 0.15) is 38.9 Å². The molecule has 0 amide bonds. The van der Waals surface area contributed by atoms with Gasteiger partial charge in [0.05, 0.1) is 12.3 Å². The molecule has 23 heavy (non-hydrogen) atoms. The summed E-state index contributed by atoms with van der Waals surface area (Å²) in [4.78, 5) is 4.95. The fraction of sp³-hybridized carbons (Fsp3) is 0.632. The van der Waals surface area contributed by atoms with Crippen molar-refractivity contribution in [3.05, 3.63) is 30.1 Å². The zero-order valence-corrected chi connectivity index (χ0v) is 14.4. The molecule has 4 heteroatoms. The van der Waals surface area contributed by atoms with Crippen molar-refractivity contribution in [1.82, 2.24) is 14.9 Å². The van der Waals surface area contributed by atoms with Gasteiger partial charge in [-0.1, -0.05) is 13.8 Å². The topological polar surface area (TPSA) is 39.1 Å². The molecule has 1 aliphatic carbocycles. The predicted octanol–water partition coefficient (Wildman–Crippen LogP) is 3.38. The standard InChI is InChI=1S/C19H27N3O/c1-13-17-6-5-14-7-9-22(18(14)21-17)11-15-16(19(15,2)3)12-23-10-4-8-20-13/h5-7,9,13,15-16,20H,4,8,10-12H2,1-3H3. The highest BCUT2D eigenvalue weighted by Gasteiger charge is 2.57. The summed E-state index contributed by atoms with van der Waals surface area (Å²) in [5.41, 5.74) is 2.62. The fourth-order valence-corrected chi connectivity index (χ4v) is 4.03. The molecule has 3 heterocycles. The molecule has 1 saturated carbocycles. The van der Waals surface area contributed by atoms with E-state index in [0.717, 1.165) is 44.1 Å². The Morgan fingerprint density at radius 3 is 3.00 bits per heavy atom. The van der Waals surface area contributed by atoms with Gasteiger partial charge in [0.15, 0.2) is 0 Å². The van der Waals surface area contributed by atoms with Gasteiger partial charge in [0.1, 0.15) is 5.65 Å². The minimum absolute atomic E-state index is 0.274. The molecule has 0 aromatic carbocycles. The first-order chi connectivity index (χ1) is 11.1. The summed E-state index contributed by atoms with van der Waals surface area (Å²) >= 11 is 0. The molecule has 2 aliphatic rings. The second kappa shape index (κ2) is 5.60. The predicted molar refractivity (Wildman–Crippen MR) is 92.3 cm³/mol. The van der Waals surface area contributed by atoms with E-state index >= 15 is 0 Å². The number of rotatable bonds is 0. The van der Waals surface area contributed by atoms with Gasteiger partial charge < -0.3 is 14.6 Å². The molecule has 1 fully saturated rings. The SMILES string of the molecule is CC1NCCCOCC2C(Cn3ccc4ccc1nc43)C2(C)C. The number of aromatic nitrogens is 2. The molecule has 124 valence electrons. The van der Waals surface area contributed by atoms with E-state index < -0.39 is 0 Å². The van der Waals surface area contributed by atoms with E-state index in [1.165, 1.54) is 5.39 Å². The van der Waals surface area contributed by atoms with Gasteiger partial charge in [0.25, 0.3) is 0 Å². The number of ether oxygens (including phenoxy) is 1. The van der Waals surface area contributed by atoms with Crippen LogP contribution in [0, 0.1) is 17.3 Å². The zero-order valence-electron chi connectivity index (χ0n) is 14.4. The van der Waals surface area contributed by atoms with Gasteiger partial charge in [0.2, 0.25) is 0 Å². The summed E-state index contributed by atoms with van der Waals surface area (Å²) in [7, 11) is 0. The van der Waals surface area contributed by atoms with E-state index in [2.05, 4.69) is 55.1 Å². The van der Waals surface area contributed by atoms with Crippen molar-refractivity contribution < 1.29 is 4.74 Å². The summed E-state index contributed by atoms with van der Waals surface area (Å²) in [5, 5.41) is 4.79. The molecule has 3 atom stereocenters. The van der Waals surface area contributed by atoms with Crippen molar-refractivity contribution in [2.24, 2.45) is 17.3 Å². The highest BCUT2D eigenvalue weighted by atomic mass is 16.5. The summed E-state index contributed by atoms with van der Waals surface area (Å²) in [6, 6.07) is 6.81. The van der Waals surface area contributed by atoms with Crippen molar-refractivity contribution >= 4 is 11.0 Å². The minimum atomic E-state index is 0.274. The fourth-order valence-electron chi connectivity index (χ4n) is 4.03. The molecule has 4 rings (SSSR count). The van der Waals surface area contributed by atoms with Crippen LogP contribution in [0.15, 0.2) is 24.4 Å². The quantitative estimate of drug-likeness (QED) is 0.810. The number of hydrogen-bond donors (Lipinski definition) is 1. The molecule has 2 bridgehead atoms. The Bertz CT molecular complexity index is 706. The lowest BCUT2D eigenvalue weighted by atomic mass is 10.1. The van der Waals surface area contributed by atoms with Gasteiger partial charge in [0, 0.05) is 30.8 Å². The van der Waals surface area contributed by atoms with E-state index in [4.69, 9.17) is 9.72 Å². The smallest absolute Gasteiger partial charge is 0.140 e. The lowest BCUT2D eigenvalue weighted by Gasteiger charge is -2.15. The Hall–Kier alpha value is -1.39. The third-order valence-corrected chi connectivity index (χ3v) is 5.97. The number of pyridine rings is 1. The first-order valence-electron chi connectivity index (χ1n) is 8.84. The molecule has 0 radical (unpaired) electrons. The van der Waals surface area contributed by atoms with Crippen LogP contribution in [-0.4, -0.2) is 29.3 Å². The van der Waals surface area contributed by atoms with Crippen molar-refractivity contribution in [2.45, 2.75) is 39.8 Å². The van der Waals surface area contributed by atoms with Crippen LogP contribution in [-0.2, 0) is 11.3 Å². The maximum absolute atomic E-state index is 5.94. The number of fused-ring (bicyclic) bond motifs is 2. The molecule has 2 aromatic heterocycles. The lowest BCUT2D eigenvalue weighted by Crippen LogP contribution is -2.22. The Labute approximate surface area is 138 Å². The highest BCUT2D eigenvalue weighted by molar-refractivity contribution is 5.76. The second-order valence-electron chi connectivity index (χ2n) is 7.76. The Kier molecular flexibility index (Phi) is 3.69. The normalized spacial score (nSPS) is 30.8. The number of nitrogens with one attached hydrogen (secondary N) is 1. The Morgan fingerprint density at radius 2 is 2.13 bits per heavy atom. The summed E-state index contributed by atoms with van der Waals surface area (Å²) in [5.74, 6) is 1.35. The van der Waals surface area contributed by atoms with E-state index in [1.54, 1.807) is 0 Å².